The first-order valence-corrected chi connectivity index (χ1v) is 31.5. The molecule has 0 aliphatic carbocycles. The van der Waals surface area contributed by atoms with Gasteiger partial charge < -0.3 is 5.11 Å². The van der Waals surface area contributed by atoms with E-state index in [0.717, 1.165) is 50.1 Å². The summed E-state index contributed by atoms with van der Waals surface area (Å²) in [6.45, 7) is 34.5. The van der Waals surface area contributed by atoms with Crippen molar-refractivity contribution in [2.75, 3.05) is 0 Å². The van der Waals surface area contributed by atoms with E-state index in [1.165, 1.54) is 22.3 Å². The molecule has 0 bridgehead atoms. The van der Waals surface area contributed by atoms with Crippen LogP contribution in [-0.2, 0) is 43.2 Å². The van der Waals surface area contributed by atoms with Crippen molar-refractivity contribution in [2.24, 2.45) is 0 Å². The van der Waals surface area contributed by atoms with Gasteiger partial charge in [-0.25, -0.2) is 13.8 Å². The fourth-order valence-corrected chi connectivity index (χ4v) is 12.4. The zero-order chi connectivity index (χ0) is 56.4. The van der Waals surface area contributed by atoms with Gasteiger partial charge in [0.05, 0.1) is 30.4 Å². The van der Waals surface area contributed by atoms with E-state index in [0.29, 0.717) is 39.3 Å². The van der Waals surface area contributed by atoms with E-state index in [1.54, 1.807) is 18.3 Å². The van der Waals surface area contributed by atoms with Crippen LogP contribution in [0.15, 0.2) is 152 Å². The summed E-state index contributed by atoms with van der Waals surface area (Å²) in [5, 5.41) is 12.7. The Morgan fingerprint density at radius 3 is 1.71 bits per heavy atom. The summed E-state index contributed by atoms with van der Waals surface area (Å²) in [6.07, 6.45) is 1.80. The number of imidazole rings is 1. The van der Waals surface area contributed by atoms with Gasteiger partial charge in [0.25, 0.3) is 5.92 Å². The number of aromatic nitrogens is 3. The molecular formula is C71H78F2N3OPtSi-. The Balaban J connectivity index is 0.00000822. The van der Waals surface area contributed by atoms with Crippen LogP contribution in [-0.4, -0.2) is 27.7 Å². The van der Waals surface area contributed by atoms with E-state index < -0.39 is 19.4 Å². The fraction of sp³-hybridized carbons (Fsp3) is 0.324. The van der Waals surface area contributed by atoms with Gasteiger partial charge in [0.15, 0.2) is 0 Å². The molecule has 0 saturated heterocycles. The molecule has 7 aromatic carbocycles. The Morgan fingerprint density at radius 1 is 0.557 bits per heavy atom. The van der Waals surface area contributed by atoms with Crippen LogP contribution in [0.25, 0.3) is 83.9 Å². The van der Waals surface area contributed by atoms with Crippen molar-refractivity contribution >= 4 is 19.1 Å². The number of pyridine rings is 1. The normalized spacial score (nSPS) is 12.7. The third kappa shape index (κ3) is 12.2. The summed E-state index contributed by atoms with van der Waals surface area (Å²) in [7, 11) is -2.31. The number of nitrogens with zero attached hydrogens (tertiary/aromatic N) is 3. The van der Waals surface area contributed by atoms with Crippen LogP contribution in [0.3, 0.4) is 0 Å². The molecule has 0 radical (unpaired) electrons. The minimum atomic E-state index is -3.15. The second-order valence-corrected chi connectivity index (χ2v) is 32.0. The standard InChI is InChI=1S/C71H78F2N3OSi.Pt/c1-44(2)56-37-49(46-24-19-17-20-25-46)38-57(45(3)4)64(56)48-32-33-74-61(39-48)51-34-50(35-54(36-51)71(72,73)43-78(14,15)16)55-28-23-29-63-65(55)75-67(59-41-53(69(8,9)10)42-60(66(59)77)70(11,12)13)76(63)62-31-30-52(68(5,6)7)40-58(62)47-26-21-18-22-27-47;/h17-33,35-42,44-45,77H,43H2,1-16H3;/q-1;. The number of alkyl halides is 2. The van der Waals surface area contributed by atoms with Crippen LogP contribution >= 0.6 is 0 Å². The van der Waals surface area contributed by atoms with Gasteiger partial charge in [0.2, 0.25) is 0 Å². The molecule has 0 saturated carbocycles. The molecule has 0 unspecified atom stereocenters. The van der Waals surface area contributed by atoms with Gasteiger partial charge in [0, 0.05) is 50.1 Å². The second kappa shape index (κ2) is 22.0. The fourth-order valence-electron chi connectivity index (χ4n) is 10.9. The summed E-state index contributed by atoms with van der Waals surface area (Å²) in [6, 6.07) is 53.1. The summed E-state index contributed by atoms with van der Waals surface area (Å²) in [5.41, 5.74) is 16.0. The van der Waals surface area contributed by atoms with Crippen molar-refractivity contribution in [2.45, 2.75) is 150 Å². The van der Waals surface area contributed by atoms with E-state index in [9.17, 15) is 5.11 Å². The molecule has 1 N–H and O–H groups in total. The van der Waals surface area contributed by atoms with Gasteiger partial charge in [-0.05, 0) is 114 Å². The minimum Gasteiger partial charge on any atom is -0.507 e. The van der Waals surface area contributed by atoms with Crippen molar-refractivity contribution < 1.29 is 35.0 Å². The average Bonchev–Trinajstić information content (AvgIpc) is 4.00. The Kier molecular flexibility index (Phi) is 16.4. The largest absolute Gasteiger partial charge is 0.507 e. The molecule has 0 spiro atoms. The molecule has 9 aromatic rings. The number of aromatic hydroxyl groups is 1. The smallest absolute Gasteiger partial charge is 0.257 e. The van der Waals surface area contributed by atoms with E-state index in [2.05, 4.69) is 198 Å². The number of hydrogen-bond acceptors (Lipinski definition) is 3. The van der Waals surface area contributed by atoms with Crippen molar-refractivity contribution in [3.8, 4) is 78.6 Å². The number of para-hydroxylation sites is 1. The number of phenols is 1. The maximum absolute atomic E-state index is 17.3. The molecule has 0 atom stereocenters. The molecule has 0 fully saturated rings. The third-order valence-electron chi connectivity index (χ3n) is 15.1. The predicted molar refractivity (Wildman–Crippen MR) is 328 cm³/mol. The number of phenolic OH excluding ortho intramolecular Hbond substituents is 1. The average molecular weight is 1250 g/mol. The summed E-state index contributed by atoms with van der Waals surface area (Å²) in [4.78, 5) is 10.6. The molecule has 9 rings (SSSR count). The minimum absolute atomic E-state index is 0. The molecule has 0 aliphatic rings. The first-order chi connectivity index (χ1) is 36.5. The van der Waals surface area contributed by atoms with E-state index >= 15 is 8.78 Å². The Bertz CT molecular complexity index is 3650. The van der Waals surface area contributed by atoms with Crippen LogP contribution < -0.4 is 0 Å². The Morgan fingerprint density at radius 2 is 1.14 bits per heavy atom. The van der Waals surface area contributed by atoms with Crippen molar-refractivity contribution in [1.82, 2.24) is 14.5 Å². The maximum atomic E-state index is 17.3. The SMILES string of the molecule is CC(C)c1cc(-c2ccccc2)cc(C(C)C)c1-c1ccnc(-c2[c-]c(-c3cccc4c3nc(-c3cc(C(C)(C)C)cc(C(C)(C)C)c3O)n4-c3ccc(C(C)(C)C)cc3-c3ccccc3)cc(C(F)(F)C[Si](C)(C)C)c2)c1.[Pt]. The molecule has 79 heavy (non-hydrogen) atoms. The van der Waals surface area contributed by atoms with Crippen LogP contribution in [0, 0.1) is 6.07 Å². The molecule has 2 heterocycles. The Labute approximate surface area is 485 Å². The van der Waals surface area contributed by atoms with Gasteiger partial charge in [-0.2, -0.15) is 0 Å². The Hall–Kier alpha value is -6.27. The monoisotopic (exact) mass is 1250 g/mol. The van der Waals surface area contributed by atoms with Crippen LogP contribution in [0.1, 0.15) is 135 Å². The van der Waals surface area contributed by atoms with E-state index in [4.69, 9.17) is 9.97 Å². The first kappa shape index (κ1) is 58.9. The van der Waals surface area contributed by atoms with Crippen molar-refractivity contribution in [3.05, 3.63) is 191 Å². The summed E-state index contributed by atoms with van der Waals surface area (Å²) in [5.74, 6) is -2.05. The molecule has 8 heteroatoms. The quantitative estimate of drug-likeness (QED) is 0.0980. The van der Waals surface area contributed by atoms with Crippen LogP contribution in [0.4, 0.5) is 8.78 Å². The zero-order valence-electron chi connectivity index (χ0n) is 49.2. The van der Waals surface area contributed by atoms with Crippen LogP contribution in [0.5, 0.6) is 5.75 Å². The van der Waals surface area contributed by atoms with Crippen molar-refractivity contribution in [1.29, 1.82) is 0 Å². The van der Waals surface area contributed by atoms with Crippen molar-refractivity contribution in [3.63, 3.8) is 0 Å². The number of rotatable bonds is 12. The number of hydrogen-bond donors (Lipinski definition) is 1. The first-order valence-electron chi connectivity index (χ1n) is 27.8. The van der Waals surface area contributed by atoms with Gasteiger partial charge in [-0.3, -0.25) is 9.55 Å². The molecule has 0 aliphatic heterocycles. The van der Waals surface area contributed by atoms with E-state index in [-0.39, 0.29) is 61.1 Å². The maximum Gasteiger partial charge on any atom is 0.257 e. The topological polar surface area (TPSA) is 50.9 Å². The van der Waals surface area contributed by atoms with Gasteiger partial charge in [-0.1, -0.05) is 224 Å². The molecular weight excluding hydrogens is 1170 g/mol. The molecule has 0 amide bonds. The van der Waals surface area contributed by atoms with Crippen LogP contribution in [0.2, 0.25) is 25.7 Å². The van der Waals surface area contributed by atoms with Gasteiger partial charge >= 0.3 is 0 Å². The summed E-state index contributed by atoms with van der Waals surface area (Å²) >= 11 is 0. The molecule has 2 aromatic heterocycles. The number of fused-ring (bicyclic) bond motifs is 1. The van der Waals surface area contributed by atoms with Gasteiger partial charge in [-0.15, -0.1) is 23.8 Å². The zero-order valence-corrected chi connectivity index (χ0v) is 52.4. The van der Waals surface area contributed by atoms with Gasteiger partial charge in [0.1, 0.15) is 11.6 Å². The third-order valence-corrected chi connectivity index (χ3v) is 16.6. The second-order valence-electron chi connectivity index (χ2n) is 26.5. The molecule has 412 valence electrons. The molecule has 4 nitrogen and oxygen atoms in total. The predicted octanol–water partition coefficient (Wildman–Crippen LogP) is 20.5. The summed E-state index contributed by atoms with van der Waals surface area (Å²) < 4.78 is 36.7. The number of halogens is 2. The number of benzene rings is 7. The van der Waals surface area contributed by atoms with E-state index in [1.807, 2.05) is 56.0 Å².